The van der Waals surface area contributed by atoms with E-state index in [4.69, 9.17) is 11.6 Å². The summed E-state index contributed by atoms with van der Waals surface area (Å²) in [5.74, 6) is -0.530. The van der Waals surface area contributed by atoms with Gasteiger partial charge in [0, 0.05) is 41.6 Å². The van der Waals surface area contributed by atoms with Crippen molar-refractivity contribution < 1.29 is 14.4 Å². The van der Waals surface area contributed by atoms with Crippen LogP contribution in [0.2, 0.25) is 5.02 Å². The molecule has 2 fully saturated rings. The summed E-state index contributed by atoms with van der Waals surface area (Å²) in [6, 6.07) is 12.0. The fourth-order valence-electron chi connectivity index (χ4n) is 4.93. The first-order chi connectivity index (χ1) is 16.5. The predicted molar refractivity (Wildman–Crippen MR) is 129 cm³/mol. The number of benzene rings is 1. The van der Waals surface area contributed by atoms with Gasteiger partial charge in [0.1, 0.15) is 0 Å². The fraction of sp³-hybridized carbons (Fsp3) is 0.280. The number of rotatable bonds is 5. The highest BCUT2D eigenvalue weighted by Gasteiger charge is 2.57. The third-order valence-electron chi connectivity index (χ3n) is 6.64. The second kappa shape index (κ2) is 9.19. The second-order valence-electron chi connectivity index (χ2n) is 8.58. The van der Waals surface area contributed by atoms with Crippen molar-refractivity contribution in [1.82, 2.24) is 20.1 Å². The summed E-state index contributed by atoms with van der Waals surface area (Å²) in [6.45, 7) is 1.18. The average molecular weight is 495 g/mol. The number of hydrogen-bond acceptors (Lipinski definition) is 5. The van der Waals surface area contributed by atoms with Gasteiger partial charge < -0.3 is 10.2 Å². The highest BCUT2D eigenvalue weighted by molar-refractivity contribution is 7.07. The van der Waals surface area contributed by atoms with Crippen LogP contribution in [-0.4, -0.2) is 45.7 Å². The predicted octanol–water partition coefficient (Wildman–Crippen LogP) is 4.30. The van der Waals surface area contributed by atoms with Gasteiger partial charge in [-0.2, -0.15) is 11.3 Å². The minimum Gasteiger partial charge on any atom is -0.339 e. The van der Waals surface area contributed by atoms with Gasteiger partial charge >= 0.3 is 6.03 Å². The molecule has 0 spiro atoms. The van der Waals surface area contributed by atoms with Gasteiger partial charge in [0.2, 0.25) is 0 Å². The number of aromatic nitrogens is 1. The number of piperidine rings is 1. The molecule has 7 nitrogen and oxygen atoms in total. The number of imide groups is 1. The summed E-state index contributed by atoms with van der Waals surface area (Å²) in [5, 5.41) is 7.40. The molecule has 3 aromatic rings. The van der Waals surface area contributed by atoms with E-state index in [1.165, 1.54) is 16.2 Å². The Bertz CT molecular complexity index is 1210. The van der Waals surface area contributed by atoms with Crippen LogP contribution in [0.5, 0.6) is 0 Å². The van der Waals surface area contributed by atoms with Gasteiger partial charge in [-0.15, -0.1) is 0 Å². The van der Waals surface area contributed by atoms with Gasteiger partial charge in [-0.1, -0.05) is 23.7 Å². The number of amides is 4. The van der Waals surface area contributed by atoms with E-state index in [0.717, 1.165) is 5.56 Å². The van der Waals surface area contributed by atoms with E-state index in [0.29, 0.717) is 42.1 Å². The Balaban J connectivity index is 1.40. The topological polar surface area (TPSA) is 82.6 Å². The Morgan fingerprint density at radius 2 is 2.00 bits per heavy atom. The van der Waals surface area contributed by atoms with Crippen LogP contribution in [-0.2, 0) is 16.9 Å². The fourth-order valence-corrected chi connectivity index (χ4v) is 5.78. The molecule has 0 bridgehead atoms. The van der Waals surface area contributed by atoms with Gasteiger partial charge in [0.05, 0.1) is 6.54 Å². The number of nitrogens with one attached hydrogen (secondary N) is 1. The summed E-state index contributed by atoms with van der Waals surface area (Å²) in [5.41, 5.74) is 0.922. The van der Waals surface area contributed by atoms with Crippen LogP contribution in [0.25, 0.3) is 0 Å². The summed E-state index contributed by atoms with van der Waals surface area (Å²) in [6.07, 6.45) is 4.43. The zero-order valence-corrected chi connectivity index (χ0v) is 19.9. The second-order valence-corrected chi connectivity index (χ2v) is 9.80. The molecule has 2 saturated heterocycles. The van der Waals surface area contributed by atoms with Crippen LogP contribution < -0.4 is 5.32 Å². The first-order valence-corrected chi connectivity index (χ1v) is 12.4. The maximum atomic E-state index is 13.9. The van der Waals surface area contributed by atoms with Crippen molar-refractivity contribution in [2.24, 2.45) is 5.92 Å². The average Bonchev–Trinajstić information content (AvgIpc) is 3.47. The molecule has 0 radical (unpaired) electrons. The molecule has 2 aromatic heterocycles. The van der Waals surface area contributed by atoms with E-state index in [1.807, 2.05) is 22.9 Å². The van der Waals surface area contributed by atoms with Crippen molar-refractivity contribution in [3.63, 3.8) is 0 Å². The Morgan fingerprint density at radius 1 is 1.18 bits per heavy atom. The normalized spacial score (nSPS) is 21.1. The van der Waals surface area contributed by atoms with Gasteiger partial charge in [0.15, 0.2) is 5.54 Å². The molecule has 0 saturated carbocycles. The van der Waals surface area contributed by atoms with Crippen molar-refractivity contribution in [2.45, 2.75) is 24.9 Å². The molecular weight excluding hydrogens is 472 g/mol. The number of likely N-dealkylation sites (tertiary alicyclic amines) is 1. The maximum absolute atomic E-state index is 13.9. The Labute approximate surface area is 206 Å². The molecule has 1 atom stereocenters. The first kappa shape index (κ1) is 22.6. The number of halogens is 1. The molecule has 4 amide bonds. The molecular formula is C25H23ClN4O3S. The highest BCUT2D eigenvalue weighted by Crippen LogP contribution is 2.41. The molecule has 9 heteroatoms. The van der Waals surface area contributed by atoms with Crippen molar-refractivity contribution in [1.29, 1.82) is 0 Å². The molecule has 2 aliphatic rings. The lowest BCUT2D eigenvalue weighted by atomic mass is 9.73. The summed E-state index contributed by atoms with van der Waals surface area (Å²) < 4.78 is 0. The standard InChI is InChI=1S/C25H23ClN4O3S/c26-21-5-1-3-18(13-21)22(31)29-10-6-19(7-11-29)25(20-4-2-9-27-14-20)23(32)30(24(33)28-25)15-17-8-12-34-16-17/h1-5,8-9,12-14,16,19H,6-7,10-11,15H2,(H,28,33)/t25-/m0/s1. The van der Waals surface area contributed by atoms with Gasteiger partial charge in [0.25, 0.3) is 11.8 Å². The third-order valence-corrected chi connectivity index (χ3v) is 7.60. The van der Waals surface area contributed by atoms with E-state index in [9.17, 15) is 14.4 Å². The highest BCUT2D eigenvalue weighted by atomic mass is 35.5. The Morgan fingerprint density at radius 3 is 2.68 bits per heavy atom. The smallest absolute Gasteiger partial charge is 0.325 e. The number of carbonyl (C=O) groups excluding carboxylic acids is 3. The zero-order valence-electron chi connectivity index (χ0n) is 18.3. The number of urea groups is 1. The molecule has 1 N–H and O–H groups in total. The third kappa shape index (κ3) is 3.97. The lowest BCUT2D eigenvalue weighted by Gasteiger charge is -2.41. The number of nitrogens with zero attached hydrogens (tertiary/aromatic N) is 3. The van der Waals surface area contributed by atoms with E-state index in [1.54, 1.807) is 47.6 Å². The van der Waals surface area contributed by atoms with Gasteiger partial charge in [-0.05, 0) is 65.4 Å². The number of pyridine rings is 1. The van der Waals surface area contributed by atoms with Crippen molar-refractivity contribution in [3.05, 3.63) is 87.3 Å². The van der Waals surface area contributed by atoms with Crippen LogP contribution in [0.4, 0.5) is 4.79 Å². The SMILES string of the molecule is O=C(c1cccc(Cl)c1)N1CCC([C@@]2(c3cccnc3)NC(=O)N(Cc3ccsc3)C2=O)CC1. The van der Waals surface area contributed by atoms with Gasteiger partial charge in [-0.25, -0.2) is 4.79 Å². The van der Waals surface area contributed by atoms with Crippen LogP contribution in [0.3, 0.4) is 0 Å². The van der Waals surface area contributed by atoms with Crippen LogP contribution in [0, 0.1) is 5.92 Å². The number of thiophene rings is 1. The van der Waals surface area contributed by atoms with Gasteiger partial charge in [-0.3, -0.25) is 19.5 Å². The number of hydrogen-bond donors (Lipinski definition) is 1. The molecule has 0 aliphatic carbocycles. The van der Waals surface area contributed by atoms with Crippen molar-refractivity contribution in [2.75, 3.05) is 13.1 Å². The lowest BCUT2D eigenvalue weighted by Crippen LogP contribution is -2.54. The molecule has 1 aromatic carbocycles. The van der Waals surface area contributed by atoms with E-state index in [2.05, 4.69) is 10.3 Å². The largest absolute Gasteiger partial charge is 0.339 e. The zero-order chi connectivity index (χ0) is 23.7. The Kier molecular flexibility index (Phi) is 6.10. The van der Waals surface area contributed by atoms with Crippen molar-refractivity contribution in [3.8, 4) is 0 Å². The lowest BCUT2D eigenvalue weighted by molar-refractivity contribution is -0.134. The first-order valence-electron chi connectivity index (χ1n) is 11.1. The molecule has 4 heterocycles. The quantitative estimate of drug-likeness (QED) is 0.536. The van der Waals surface area contributed by atoms with Crippen LogP contribution in [0.15, 0.2) is 65.6 Å². The van der Waals surface area contributed by atoms with E-state index in [-0.39, 0.29) is 24.3 Å². The Hall–Kier alpha value is -3.23. The molecule has 2 aliphatic heterocycles. The molecule has 0 unspecified atom stereocenters. The molecule has 34 heavy (non-hydrogen) atoms. The monoisotopic (exact) mass is 494 g/mol. The minimum absolute atomic E-state index is 0.0859. The van der Waals surface area contributed by atoms with Crippen LogP contribution in [0.1, 0.15) is 34.3 Å². The molecule has 5 rings (SSSR count). The maximum Gasteiger partial charge on any atom is 0.325 e. The van der Waals surface area contributed by atoms with E-state index < -0.39 is 11.6 Å². The number of carbonyl (C=O) groups is 3. The summed E-state index contributed by atoms with van der Waals surface area (Å²) >= 11 is 7.59. The summed E-state index contributed by atoms with van der Waals surface area (Å²) in [7, 11) is 0. The minimum atomic E-state index is -1.20. The van der Waals surface area contributed by atoms with E-state index >= 15 is 0 Å². The molecule has 174 valence electrons. The summed E-state index contributed by atoms with van der Waals surface area (Å²) in [4.78, 5) is 47.2. The van der Waals surface area contributed by atoms with Crippen LogP contribution >= 0.6 is 22.9 Å². The van der Waals surface area contributed by atoms with Crippen molar-refractivity contribution >= 4 is 40.8 Å².